The van der Waals surface area contributed by atoms with Gasteiger partial charge in [-0.05, 0) is 32.0 Å². The molecule has 1 amide bonds. The van der Waals surface area contributed by atoms with Crippen LogP contribution in [0.15, 0.2) is 47.3 Å². The van der Waals surface area contributed by atoms with Gasteiger partial charge in [0, 0.05) is 23.0 Å². The highest BCUT2D eigenvalue weighted by atomic mass is 35.5. The van der Waals surface area contributed by atoms with Crippen LogP contribution in [-0.2, 0) is 6.18 Å². The maximum atomic E-state index is 12.9. The maximum absolute atomic E-state index is 12.9. The second-order valence-corrected chi connectivity index (χ2v) is 5.89. The van der Waals surface area contributed by atoms with Gasteiger partial charge < -0.3 is 5.32 Å². The van der Waals surface area contributed by atoms with Crippen molar-refractivity contribution < 1.29 is 18.0 Å². The van der Waals surface area contributed by atoms with Crippen molar-refractivity contribution in [3.63, 3.8) is 0 Å². The highest BCUT2D eigenvalue weighted by Gasteiger charge is 2.32. The fraction of sp³-hybridized carbons (Fsp3) is 0.235. The molecule has 1 N–H and O–H groups in total. The molecule has 0 fully saturated rings. The summed E-state index contributed by atoms with van der Waals surface area (Å²) in [4.78, 5) is 24.5. The second-order valence-electron chi connectivity index (χ2n) is 5.45. The number of nitrogens with one attached hydrogen (secondary N) is 1. The van der Waals surface area contributed by atoms with Crippen LogP contribution in [-0.4, -0.2) is 32.8 Å². The van der Waals surface area contributed by atoms with Crippen molar-refractivity contribution in [2.24, 2.45) is 9.98 Å². The fourth-order valence-electron chi connectivity index (χ4n) is 2.27. The molecule has 1 aromatic carbocycles. The van der Waals surface area contributed by atoms with Crippen molar-refractivity contribution in [2.75, 3.05) is 0 Å². The Bertz CT molecular complexity index is 935. The van der Waals surface area contributed by atoms with Crippen molar-refractivity contribution in [1.29, 1.82) is 0 Å². The number of aromatic nitrogens is 3. The van der Waals surface area contributed by atoms with Crippen molar-refractivity contribution in [1.82, 2.24) is 20.1 Å². The lowest BCUT2D eigenvalue weighted by Crippen LogP contribution is -2.30. The number of carbonyl (C=O) groups is 1. The predicted octanol–water partition coefficient (Wildman–Crippen LogP) is 3.88. The number of halogens is 4. The van der Waals surface area contributed by atoms with Crippen LogP contribution >= 0.6 is 11.6 Å². The number of carbonyl (C=O) groups excluding carboxylic acids is 1. The van der Waals surface area contributed by atoms with Gasteiger partial charge in [0.05, 0.1) is 11.6 Å². The average Bonchev–Trinajstić information content (AvgIpc) is 3.10. The van der Waals surface area contributed by atoms with Crippen LogP contribution in [0.3, 0.4) is 0 Å². The lowest BCUT2D eigenvalue weighted by Gasteiger charge is -2.15. The Kier molecular flexibility index (Phi) is 6.68. The SMILES string of the molecule is C=C/N=C(\N=C/C)n1ncnc1[C@H](C)NC(=O)c1cc(Cl)cc(C(F)(F)F)c1. The zero-order valence-corrected chi connectivity index (χ0v) is 15.7. The average molecular weight is 413 g/mol. The summed E-state index contributed by atoms with van der Waals surface area (Å²) in [5.74, 6) is -0.318. The number of rotatable bonds is 4. The van der Waals surface area contributed by atoms with E-state index in [1.165, 1.54) is 23.4 Å². The molecular weight excluding hydrogens is 397 g/mol. The lowest BCUT2D eigenvalue weighted by atomic mass is 10.1. The Hall–Kier alpha value is -3.01. The van der Waals surface area contributed by atoms with Gasteiger partial charge in [0.2, 0.25) is 0 Å². The van der Waals surface area contributed by atoms with E-state index < -0.39 is 23.7 Å². The number of hydrogen-bond donors (Lipinski definition) is 1. The van der Waals surface area contributed by atoms with Gasteiger partial charge in [-0.1, -0.05) is 18.2 Å². The Labute approximate surface area is 163 Å². The van der Waals surface area contributed by atoms with Gasteiger partial charge in [-0.15, -0.1) is 0 Å². The van der Waals surface area contributed by atoms with E-state index in [1.807, 2.05) is 0 Å². The summed E-state index contributed by atoms with van der Waals surface area (Å²) in [7, 11) is 0. The quantitative estimate of drug-likeness (QED) is 0.611. The molecule has 1 atom stereocenters. The number of benzene rings is 1. The number of aliphatic imine (C=N–C) groups is 2. The molecule has 0 aliphatic rings. The van der Waals surface area contributed by atoms with Crippen LogP contribution in [0.25, 0.3) is 0 Å². The minimum Gasteiger partial charge on any atom is -0.342 e. The lowest BCUT2D eigenvalue weighted by molar-refractivity contribution is -0.137. The molecular formula is C17H16ClF3N6O. The molecule has 2 rings (SSSR count). The first-order valence-corrected chi connectivity index (χ1v) is 8.31. The van der Waals surface area contributed by atoms with Gasteiger partial charge in [0.25, 0.3) is 11.9 Å². The molecule has 0 saturated heterocycles. The minimum absolute atomic E-state index is 0.160. The third kappa shape index (κ3) is 5.03. The molecule has 0 spiro atoms. The van der Waals surface area contributed by atoms with Gasteiger partial charge >= 0.3 is 6.18 Å². The highest BCUT2D eigenvalue weighted by molar-refractivity contribution is 6.31. The molecule has 0 saturated carbocycles. The molecule has 7 nitrogen and oxygen atoms in total. The molecule has 0 aliphatic carbocycles. The summed E-state index contributed by atoms with van der Waals surface area (Å²) in [6.07, 6.45) is -0.633. The first kappa shape index (κ1) is 21.3. The zero-order chi connectivity index (χ0) is 20.9. The Balaban J connectivity index is 2.30. The topological polar surface area (TPSA) is 84.5 Å². The summed E-state index contributed by atoms with van der Waals surface area (Å²) in [5, 5.41) is 6.37. The van der Waals surface area contributed by atoms with E-state index in [4.69, 9.17) is 11.6 Å². The molecule has 2 aromatic rings. The van der Waals surface area contributed by atoms with Gasteiger partial charge in [-0.2, -0.15) is 23.0 Å². The summed E-state index contributed by atoms with van der Waals surface area (Å²) in [6, 6.07) is 1.91. The van der Waals surface area contributed by atoms with Crippen LogP contribution in [0.1, 0.15) is 41.6 Å². The first-order valence-electron chi connectivity index (χ1n) is 7.93. The number of hydrogen-bond acceptors (Lipinski definition) is 4. The van der Waals surface area contributed by atoms with Crippen LogP contribution in [0.2, 0.25) is 5.02 Å². The fourth-order valence-corrected chi connectivity index (χ4v) is 2.50. The molecule has 0 aliphatic heterocycles. The molecule has 1 aromatic heterocycles. The third-order valence-electron chi connectivity index (χ3n) is 3.44. The van der Waals surface area contributed by atoms with Gasteiger partial charge in [-0.3, -0.25) is 4.79 Å². The second kappa shape index (κ2) is 8.79. The Morgan fingerprint density at radius 2 is 2.11 bits per heavy atom. The van der Waals surface area contributed by atoms with Crippen molar-refractivity contribution >= 4 is 29.7 Å². The van der Waals surface area contributed by atoms with Crippen LogP contribution in [0.4, 0.5) is 13.2 Å². The Morgan fingerprint density at radius 1 is 1.39 bits per heavy atom. The van der Waals surface area contributed by atoms with E-state index >= 15 is 0 Å². The van der Waals surface area contributed by atoms with Gasteiger partial charge in [0.15, 0.2) is 5.82 Å². The minimum atomic E-state index is -4.63. The molecule has 148 valence electrons. The Morgan fingerprint density at radius 3 is 2.71 bits per heavy atom. The smallest absolute Gasteiger partial charge is 0.342 e. The van der Waals surface area contributed by atoms with E-state index in [2.05, 4.69) is 32.0 Å². The van der Waals surface area contributed by atoms with Crippen LogP contribution in [0.5, 0.6) is 0 Å². The summed E-state index contributed by atoms with van der Waals surface area (Å²) >= 11 is 5.73. The molecule has 11 heteroatoms. The van der Waals surface area contributed by atoms with Crippen LogP contribution in [0, 0.1) is 0 Å². The standard InChI is InChI=1S/C17H16ClF3N6O/c1-4-22-16(23-5-2)27-14(24-9-25-27)10(3)26-15(28)11-6-12(17(19,20)21)8-13(18)7-11/h4-10H,1H2,2-3H3,(H,26,28)/b22-16+,23-5-/t10-/m0/s1. The zero-order valence-electron chi connectivity index (χ0n) is 14.9. The van der Waals surface area contributed by atoms with Crippen molar-refractivity contribution in [3.8, 4) is 0 Å². The predicted molar refractivity (Wildman–Crippen MR) is 99.6 cm³/mol. The normalized spacial score (nSPS) is 13.6. The maximum Gasteiger partial charge on any atom is 0.416 e. The number of alkyl halides is 3. The van der Waals surface area contributed by atoms with Gasteiger partial charge in [0.1, 0.15) is 6.33 Å². The largest absolute Gasteiger partial charge is 0.416 e. The van der Waals surface area contributed by atoms with E-state index in [0.29, 0.717) is 0 Å². The van der Waals surface area contributed by atoms with E-state index in [1.54, 1.807) is 13.8 Å². The monoisotopic (exact) mass is 412 g/mol. The highest BCUT2D eigenvalue weighted by Crippen LogP contribution is 2.32. The summed E-state index contributed by atoms with van der Waals surface area (Å²) in [6.45, 7) is 6.76. The van der Waals surface area contributed by atoms with Crippen molar-refractivity contribution in [2.45, 2.75) is 26.1 Å². The summed E-state index contributed by atoms with van der Waals surface area (Å²) < 4.78 is 40.1. The molecule has 28 heavy (non-hydrogen) atoms. The first-order chi connectivity index (χ1) is 13.2. The number of nitrogens with zero attached hydrogens (tertiary/aromatic N) is 5. The van der Waals surface area contributed by atoms with E-state index in [-0.39, 0.29) is 22.4 Å². The van der Waals surface area contributed by atoms with Crippen LogP contribution < -0.4 is 5.32 Å². The summed E-state index contributed by atoms with van der Waals surface area (Å²) in [5.41, 5.74) is -1.25. The van der Waals surface area contributed by atoms with E-state index in [0.717, 1.165) is 18.2 Å². The molecule has 1 heterocycles. The van der Waals surface area contributed by atoms with E-state index in [9.17, 15) is 18.0 Å². The molecule has 0 radical (unpaired) electrons. The van der Waals surface area contributed by atoms with Crippen molar-refractivity contribution in [3.05, 3.63) is 59.3 Å². The third-order valence-corrected chi connectivity index (χ3v) is 3.66. The molecule has 0 bridgehead atoms. The molecule has 0 unspecified atom stereocenters. The van der Waals surface area contributed by atoms with Gasteiger partial charge in [-0.25, -0.2) is 15.0 Å². The number of amides is 1.